The Morgan fingerprint density at radius 3 is 2.73 bits per heavy atom. The number of thioether (sulfide) groups is 1. The summed E-state index contributed by atoms with van der Waals surface area (Å²) in [4.78, 5) is 0. The summed E-state index contributed by atoms with van der Waals surface area (Å²) < 4.78 is 5.59. The van der Waals surface area contributed by atoms with E-state index in [1.165, 1.54) is 11.8 Å². The van der Waals surface area contributed by atoms with Crippen molar-refractivity contribution in [2.24, 2.45) is 0 Å². The van der Waals surface area contributed by atoms with E-state index in [1.807, 2.05) is 19.9 Å². The number of hydrogen-bond acceptors (Lipinski definition) is 6. The molecule has 0 bridgehead atoms. The Morgan fingerprint density at radius 1 is 1.18 bits per heavy atom. The van der Waals surface area contributed by atoms with Gasteiger partial charge in [-0.15, -0.1) is 5.10 Å². The summed E-state index contributed by atoms with van der Waals surface area (Å²) in [6, 6.07) is 11.3. The lowest BCUT2D eigenvalue weighted by atomic mass is 10.1. The maximum Gasteiger partial charge on any atom is 0.137 e. The molecule has 2 aromatic rings. The Kier molecular flexibility index (Phi) is 5.35. The van der Waals surface area contributed by atoms with Crippen LogP contribution in [0.1, 0.15) is 22.4 Å². The molecule has 0 fully saturated rings. The Labute approximate surface area is 133 Å². The molecule has 0 atom stereocenters. The summed E-state index contributed by atoms with van der Waals surface area (Å²) >= 11 is 1.44. The van der Waals surface area contributed by atoms with Gasteiger partial charge < -0.3 is 4.74 Å². The minimum absolute atomic E-state index is 0.457. The summed E-state index contributed by atoms with van der Waals surface area (Å²) in [6.45, 7) is 4.17. The van der Waals surface area contributed by atoms with Crippen molar-refractivity contribution < 1.29 is 4.74 Å². The molecular formula is C16H14N4OS. The van der Waals surface area contributed by atoms with Crippen LogP contribution in [0.2, 0.25) is 0 Å². The molecule has 0 aliphatic rings. The molecule has 0 aliphatic carbocycles. The fraction of sp³-hybridized carbons (Fsp3) is 0.250. The predicted molar refractivity (Wildman–Crippen MR) is 83.6 cm³/mol. The van der Waals surface area contributed by atoms with Gasteiger partial charge in [-0.25, -0.2) is 0 Å². The van der Waals surface area contributed by atoms with Crippen molar-refractivity contribution in [3.63, 3.8) is 0 Å². The van der Waals surface area contributed by atoms with Gasteiger partial charge in [-0.2, -0.15) is 15.6 Å². The summed E-state index contributed by atoms with van der Waals surface area (Å²) in [6.07, 6.45) is 0. The van der Waals surface area contributed by atoms with Crippen LogP contribution in [0.15, 0.2) is 29.3 Å². The van der Waals surface area contributed by atoms with E-state index in [2.05, 4.69) is 22.3 Å². The maximum absolute atomic E-state index is 9.22. The van der Waals surface area contributed by atoms with E-state index in [-0.39, 0.29) is 0 Å². The van der Waals surface area contributed by atoms with Crippen LogP contribution in [0.4, 0.5) is 0 Å². The highest BCUT2D eigenvalue weighted by molar-refractivity contribution is 7.99. The third-order valence-electron chi connectivity index (χ3n) is 3.09. The van der Waals surface area contributed by atoms with E-state index in [1.54, 1.807) is 18.2 Å². The lowest BCUT2D eigenvalue weighted by Crippen LogP contribution is -2.03. The molecular weight excluding hydrogens is 296 g/mol. The van der Waals surface area contributed by atoms with Crippen molar-refractivity contribution in [1.29, 1.82) is 10.5 Å². The molecule has 5 nitrogen and oxygen atoms in total. The quantitative estimate of drug-likeness (QED) is 0.623. The van der Waals surface area contributed by atoms with E-state index in [0.717, 1.165) is 11.3 Å². The molecule has 0 aliphatic heterocycles. The van der Waals surface area contributed by atoms with Crippen molar-refractivity contribution in [3.05, 3.63) is 46.6 Å². The lowest BCUT2D eigenvalue weighted by Gasteiger charge is -2.08. The van der Waals surface area contributed by atoms with Gasteiger partial charge in [0, 0.05) is 5.75 Å². The van der Waals surface area contributed by atoms with Crippen LogP contribution in [0.3, 0.4) is 0 Å². The third-order valence-corrected chi connectivity index (χ3v) is 4.02. The van der Waals surface area contributed by atoms with Gasteiger partial charge in [-0.3, -0.25) is 0 Å². The molecule has 0 amide bonds. The first kappa shape index (κ1) is 15.8. The van der Waals surface area contributed by atoms with Gasteiger partial charge in [0.25, 0.3) is 0 Å². The van der Waals surface area contributed by atoms with E-state index >= 15 is 0 Å². The fourth-order valence-corrected chi connectivity index (χ4v) is 2.57. The van der Waals surface area contributed by atoms with Gasteiger partial charge >= 0.3 is 0 Å². The van der Waals surface area contributed by atoms with Gasteiger partial charge in [-0.1, -0.05) is 17.8 Å². The van der Waals surface area contributed by atoms with E-state index < -0.39 is 0 Å². The first-order chi connectivity index (χ1) is 10.7. The van der Waals surface area contributed by atoms with Gasteiger partial charge in [0.05, 0.1) is 29.5 Å². The van der Waals surface area contributed by atoms with Crippen LogP contribution in [0.25, 0.3) is 0 Å². The van der Waals surface area contributed by atoms with Gasteiger partial charge in [0.15, 0.2) is 0 Å². The normalized spacial score (nSPS) is 9.82. The van der Waals surface area contributed by atoms with Crippen LogP contribution >= 0.6 is 11.8 Å². The molecule has 0 radical (unpaired) electrons. The molecule has 110 valence electrons. The van der Waals surface area contributed by atoms with E-state index in [4.69, 9.17) is 10.00 Å². The molecule has 22 heavy (non-hydrogen) atoms. The van der Waals surface area contributed by atoms with Crippen LogP contribution in [0, 0.1) is 36.5 Å². The van der Waals surface area contributed by atoms with Crippen molar-refractivity contribution in [3.8, 4) is 17.9 Å². The second kappa shape index (κ2) is 7.44. The molecule has 1 aromatic carbocycles. The van der Waals surface area contributed by atoms with Gasteiger partial charge in [0.1, 0.15) is 16.8 Å². The van der Waals surface area contributed by atoms with Gasteiger partial charge in [0.2, 0.25) is 0 Å². The van der Waals surface area contributed by atoms with Crippen molar-refractivity contribution in [2.45, 2.75) is 18.9 Å². The number of hydrogen-bond donors (Lipinski definition) is 0. The Morgan fingerprint density at radius 2 is 2.00 bits per heavy atom. The first-order valence-electron chi connectivity index (χ1n) is 6.65. The van der Waals surface area contributed by atoms with E-state index in [0.29, 0.717) is 34.3 Å². The van der Waals surface area contributed by atoms with Gasteiger partial charge in [-0.05, 0) is 37.6 Å². The highest BCUT2D eigenvalue weighted by Gasteiger charge is 2.11. The number of aryl methyl sites for hydroxylation is 1. The average molecular weight is 310 g/mol. The fourth-order valence-electron chi connectivity index (χ4n) is 1.77. The van der Waals surface area contributed by atoms with Crippen LogP contribution in [0.5, 0.6) is 5.75 Å². The van der Waals surface area contributed by atoms with Crippen molar-refractivity contribution >= 4 is 11.8 Å². The van der Waals surface area contributed by atoms with Crippen LogP contribution < -0.4 is 4.74 Å². The molecule has 0 spiro atoms. The number of nitrogens with zero attached hydrogens (tertiary/aromatic N) is 4. The monoisotopic (exact) mass is 310 g/mol. The minimum atomic E-state index is 0.457. The van der Waals surface area contributed by atoms with E-state index in [9.17, 15) is 5.26 Å². The molecule has 1 aromatic heterocycles. The first-order valence-corrected chi connectivity index (χ1v) is 7.64. The SMILES string of the molecule is Cc1nnc(SCCOc2cccc(C#N)c2)c(C#N)c1C. The number of nitriles is 2. The largest absolute Gasteiger partial charge is 0.493 e. The number of rotatable bonds is 5. The number of ether oxygens (including phenoxy) is 1. The molecule has 0 saturated heterocycles. The molecule has 6 heteroatoms. The molecule has 0 N–H and O–H groups in total. The number of benzene rings is 1. The Hall–Kier alpha value is -2.57. The zero-order valence-electron chi connectivity index (χ0n) is 12.3. The highest BCUT2D eigenvalue weighted by Crippen LogP contribution is 2.23. The zero-order chi connectivity index (χ0) is 15.9. The summed E-state index contributed by atoms with van der Waals surface area (Å²) in [5.41, 5.74) is 2.77. The molecule has 0 saturated carbocycles. The standard InChI is InChI=1S/C16H14N4OS/c1-11-12(2)19-20-16(15(11)10-18)22-7-6-21-14-5-3-4-13(8-14)9-17/h3-5,8H,6-7H2,1-2H3. The molecule has 0 unspecified atom stereocenters. The Bertz CT molecular complexity index is 762. The zero-order valence-corrected chi connectivity index (χ0v) is 13.1. The van der Waals surface area contributed by atoms with Crippen LogP contribution in [-0.2, 0) is 0 Å². The second-order valence-electron chi connectivity index (χ2n) is 4.54. The van der Waals surface area contributed by atoms with Crippen LogP contribution in [-0.4, -0.2) is 22.6 Å². The molecule has 2 rings (SSSR count). The molecule has 1 heterocycles. The lowest BCUT2D eigenvalue weighted by molar-refractivity contribution is 0.344. The number of aromatic nitrogens is 2. The second-order valence-corrected chi connectivity index (χ2v) is 5.62. The third kappa shape index (κ3) is 3.75. The summed E-state index contributed by atoms with van der Waals surface area (Å²) in [5.74, 6) is 1.30. The minimum Gasteiger partial charge on any atom is -0.493 e. The van der Waals surface area contributed by atoms with Crippen molar-refractivity contribution in [1.82, 2.24) is 10.2 Å². The smallest absolute Gasteiger partial charge is 0.137 e. The highest BCUT2D eigenvalue weighted by atomic mass is 32.2. The van der Waals surface area contributed by atoms with Crippen molar-refractivity contribution in [2.75, 3.05) is 12.4 Å². The average Bonchev–Trinajstić information content (AvgIpc) is 2.55. The summed E-state index contributed by atoms with van der Waals surface area (Å²) in [5, 5.41) is 26.8. The maximum atomic E-state index is 9.22. The summed E-state index contributed by atoms with van der Waals surface area (Å²) in [7, 11) is 0. The Balaban J connectivity index is 1.93. The topological polar surface area (TPSA) is 82.6 Å². The predicted octanol–water partition coefficient (Wildman–Crippen LogP) is 3.01.